The number of para-hydroxylation sites is 1. The molecule has 57 heavy (non-hydrogen) atoms. The van der Waals surface area contributed by atoms with Gasteiger partial charge in [-0.25, -0.2) is 4.98 Å². The lowest BCUT2D eigenvalue weighted by Gasteiger charge is -2.28. The second-order valence-corrected chi connectivity index (χ2v) is 14.3. The molecule has 11 rings (SSSR count). The van der Waals surface area contributed by atoms with Crippen molar-refractivity contribution in [3.8, 4) is 44.8 Å². The van der Waals surface area contributed by atoms with E-state index >= 15 is 0 Å². The topological polar surface area (TPSA) is 42.4 Å². The number of benzene rings is 9. The van der Waals surface area contributed by atoms with Crippen molar-refractivity contribution >= 4 is 60.9 Å². The molecule has 0 bridgehead atoms. The van der Waals surface area contributed by atoms with Gasteiger partial charge in [0, 0.05) is 27.9 Å². The molecule has 2 heterocycles. The van der Waals surface area contributed by atoms with Crippen LogP contribution in [0.4, 0.5) is 17.1 Å². The van der Waals surface area contributed by atoms with E-state index in [1.54, 1.807) is 0 Å². The van der Waals surface area contributed by atoms with E-state index in [1.165, 1.54) is 27.5 Å². The smallest absolute Gasteiger partial charge is 0.227 e. The molecule has 0 radical (unpaired) electrons. The molecular weight excluding hydrogens is 697 g/mol. The summed E-state index contributed by atoms with van der Waals surface area (Å²) >= 11 is 0. The number of rotatable bonds is 7. The molecule has 0 fully saturated rings. The van der Waals surface area contributed by atoms with Gasteiger partial charge in [-0.05, 0) is 105 Å². The lowest BCUT2D eigenvalue weighted by Crippen LogP contribution is -2.11. The van der Waals surface area contributed by atoms with Crippen LogP contribution in [0.25, 0.3) is 88.6 Å². The van der Waals surface area contributed by atoms with Gasteiger partial charge in [-0.15, -0.1) is 0 Å². The minimum atomic E-state index is 0.598. The molecule has 0 aliphatic rings. The molecule has 0 N–H and O–H groups in total. The van der Waals surface area contributed by atoms with Crippen LogP contribution < -0.4 is 4.90 Å². The van der Waals surface area contributed by atoms with Crippen LogP contribution in [0.1, 0.15) is 0 Å². The predicted molar refractivity (Wildman–Crippen MR) is 235 cm³/mol. The standard InChI is InChI=1S/C53H34N2O2/c1-3-12-37(13-4-1)45-19-9-10-21-47(45)55(42-29-24-38(25-30-42)44-20-11-17-36-14-7-8-18-43(36)44)41-27-22-35(23-28-41)40-26-31-48-46(34-40)51-49(56-48)32-33-50-52(51)54-53(57-50)39-15-5-2-6-16-39/h1-34H. The molecule has 0 unspecified atom stereocenters. The van der Waals surface area contributed by atoms with E-state index in [1.807, 2.05) is 42.5 Å². The normalized spacial score (nSPS) is 11.5. The Morgan fingerprint density at radius 2 is 0.947 bits per heavy atom. The third kappa shape index (κ3) is 5.74. The first-order valence-corrected chi connectivity index (χ1v) is 19.2. The van der Waals surface area contributed by atoms with Gasteiger partial charge in [0.05, 0.1) is 11.1 Å². The Hall–Kier alpha value is -7.69. The van der Waals surface area contributed by atoms with Crippen LogP contribution in [0.15, 0.2) is 215 Å². The van der Waals surface area contributed by atoms with Gasteiger partial charge in [-0.1, -0.05) is 140 Å². The molecule has 0 spiro atoms. The summed E-state index contributed by atoms with van der Waals surface area (Å²) in [5, 5.41) is 4.46. The highest BCUT2D eigenvalue weighted by molar-refractivity contribution is 6.17. The Morgan fingerprint density at radius 3 is 1.74 bits per heavy atom. The Bertz CT molecular complexity index is 3210. The van der Waals surface area contributed by atoms with Crippen LogP contribution in [0.5, 0.6) is 0 Å². The molecule has 11 aromatic rings. The van der Waals surface area contributed by atoms with E-state index in [4.69, 9.17) is 13.8 Å². The summed E-state index contributed by atoms with van der Waals surface area (Å²) in [6.45, 7) is 0. The summed E-state index contributed by atoms with van der Waals surface area (Å²) in [5.41, 5.74) is 14.3. The second kappa shape index (κ2) is 13.6. The lowest BCUT2D eigenvalue weighted by molar-refractivity contribution is 0.619. The summed E-state index contributed by atoms with van der Waals surface area (Å²) in [5.74, 6) is 0.598. The monoisotopic (exact) mass is 730 g/mol. The summed E-state index contributed by atoms with van der Waals surface area (Å²) < 4.78 is 12.6. The van der Waals surface area contributed by atoms with Gasteiger partial charge in [0.1, 0.15) is 16.7 Å². The fraction of sp³-hybridized carbons (Fsp3) is 0. The molecule has 0 atom stereocenters. The van der Waals surface area contributed by atoms with Crippen molar-refractivity contribution in [2.45, 2.75) is 0 Å². The van der Waals surface area contributed by atoms with E-state index in [0.29, 0.717) is 5.89 Å². The zero-order valence-electron chi connectivity index (χ0n) is 30.8. The first-order valence-electron chi connectivity index (χ1n) is 19.2. The van der Waals surface area contributed by atoms with Gasteiger partial charge < -0.3 is 13.7 Å². The molecule has 0 saturated carbocycles. The van der Waals surface area contributed by atoms with E-state index < -0.39 is 0 Å². The number of aromatic nitrogens is 1. The summed E-state index contributed by atoms with van der Waals surface area (Å²) in [7, 11) is 0. The first-order chi connectivity index (χ1) is 28.2. The van der Waals surface area contributed by atoms with E-state index in [9.17, 15) is 0 Å². The highest BCUT2D eigenvalue weighted by Gasteiger charge is 2.20. The van der Waals surface area contributed by atoms with Crippen molar-refractivity contribution in [2.24, 2.45) is 0 Å². The molecular formula is C53H34N2O2. The summed E-state index contributed by atoms with van der Waals surface area (Å²) in [4.78, 5) is 7.32. The molecule has 0 aliphatic carbocycles. The van der Waals surface area contributed by atoms with Crippen molar-refractivity contribution in [2.75, 3.05) is 4.90 Å². The van der Waals surface area contributed by atoms with E-state index in [2.05, 4.69) is 169 Å². The first kappa shape index (κ1) is 32.7. The lowest BCUT2D eigenvalue weighted by atomic mass is 9.97. The molecule has 4 heteroatoms. The third-order valence-corrected chi connectivity index (χ3v) is 10.9. The number of furan rings is 1. The number of hydrogen-bond donors (Lipinski definition) is 0. The van der Waals surface area contributed by atoms with E-state index in [-0.39, 0.29) is 0 Å². The molecule has 0 saturated heterocycles. The Morgan fingerprint density at radius 1 is 0.368 bits per heavy atom. The van der Waals surface area contributed by atoms with Gasteiger partial charge in [-0.2, -0.15) is 0 Å². The minimum Gasteiger partial charge on any atom is -0.456 e. The number of hydrogen-bond acceptors (Lipinski definition) is 4. The summed E-state index contributed by atoms with van der Waals surface area (Å²) in [6, 6.07) is 72.5. The van der Waals surface area contributed by atoms with Crippen molar-refractivity contribution < 1.29 is 8.83 Å². The van der Waals surface area contributed by atoms with Crippen LogP contribution in [0.2, 0.25) is 0 Å². The van der Waals surface area contributed by atoms with Crippen LogP contribution in [0.3, 0.4) is 0 Å². The number of oxazole rings is 1. The quantitative estimate of drug-likeness (QED) is 0.164. The minimum absolute atomic E-state index is 0.598. The van der Waals surface area contributed by atoms with Crippen LogP contribution in [-0.2, 0) is 0 Å². The van der Waals surface area contributed by atoms with Crippen molar-refractivity contribution in [1.29, 1.82) is 0 Å². The maximum Gasteiger partial charge on any atom is 0.227 e. The zero-order valence-corrected chi connectivity index (χ0v) is 30.8. The molecule has 268 valence electrons. The largest absolute Gasteiger partial charge is 0.456 e. The number of anilines is 3. The maximum atomic E-state index is 6.33. The summed E-state index contributed by atoms with van der Waals surface area (Å²) in [6.07, 6.45) is 0. The Labute approximate surface area is 329 Å². The molecule has 9 aromatic carbocycles. The Balaban J connectivity index is 1.01. The van der Waals surface area contributed by atoms with Crippen LogP contribution in [0, 0.1) is 0 Å². The number of fused-ring (bicyclic) bond motifs is 6. The van der Waals surface area contributed by atoms with Gasteiger partial charge >= 0.3 is 0 Å². The molecule has 0 amide bonds. The fourth-order valence-corrected chi connectivity index (χ4v) is 8.17. The predicted octanol–water partition coefficient (Wildman–Crippen LogP) is 15.0. The van der Waals surface area contributed by atoms with E-state index in [0.717, 1.165) is 72.4 Å². The highest BCUT2D eigenvalue weighted by Crippen LogP contribution is 2.43. The molecule has 2 aromatic heterocycles. The molecule has 4 nitrogen and oxygen atoms in total. The van der Waals surface area contributed by atoms with Gasteiger partial charge in [-0.3, -0.25) is 0 Å². The average molecular weight is 731 g/mol. The van der Waals surface area contributed by atoms with Crippen molar-refractivity contribution in [3.63, 3.8) is 0 Å². The molecule has 0 aliphatic heterocycles. The van der Waals surface area contributed by atoms with Crippen LogP contribution >= 0.6 is 0 Å². The fourth-order valence-electron chi connectivity index (χ4n) is 8.17. The average Bonchev–Trinajstić information content (AvgIpc) is 3.89. The SMILES string of the molecule is c1ccc(-c2nc3c(ccc4oc5ccc(-c6ccc(N(c7ccc(-c8cccc9ccccc89)cc7)c7ccccc7-c7ccccc7)cc6)cc5c43)o2)cc1. The second-order valence-electron chi connectivity index (χ2n) is 14.3. The van der Waals surface area contributed by atoms with Gasteiger partial charge in [0.25, 0.3) is 0 Å². The van der Waals surface area contributed by atoms with Crippen molar-refractivity contribution in [3.05, 3.63) is 206 Å². The van der Waals surface area contributed by atoms with Crippen LogP contribution in [-0.4, -0.2) is 4.98 Å². The van der Waals surface area contributed by atoms with Gasteiger partial charge in [0.2, 0.25) is 5.89 Å². The number of nitrogens with zero attached hydrogens (tertiary/aromatic N) is 2. The zero-order chi connectivity index (χ0) is 37.7. The Kier molecular flexibility index (Phi) is 7.78. The highest BCUT2D eigenvalue weighted by atomic mass is 16.4. The maximum absolute atomic E-state index is 6.33. The third-order valence-electron chi connectivity index (χ3n) is 10.9. The van der Waals surface area contributed by atoms with Crippen molar-refractivity contribution in [1.82, 2.24) is 4.98 Å². The van der Waals surface area contributed by atoms with Gasteiger partial charge in [0.15, 0.2) is 5.58 Å².